The molecule has 0 heterocycles. The first kappa shape index (κ1) is 23.2. The second-order valence-electron chi connectivity index (χ2n) is 6.78. The largest absolute Gasteiger partial charge is 0.495 e. The maximum absolute atomic E-state index is 13.2. The number of halogens is 6. The number of primary amides is 1. The van der Waals surface area contributed by atoms with E-state index in [9.17, 15) is 35.9 Å². The number of hydrogen-bond acceptors (Lipinski definition) is 3. The van der Waals surface area contributed by atoms with E-state index in [0.717, 1.165) is 19.2 Å². The summed E-state index contributed by atoms with van der Waals surface area (Å²) in [5.41, 5.74) is 0.930. The van der Waals surface area contributed by atoms with Gasteiger partial charge < -0.3 is 10.5 Å². The molecule has 0 unspecified atom stereocenters. The number of methoxy groups -OCH3 is 1. The molecule has 30 heavy (non-hydrogen) atoms. The molecule has 1 amide bonds. The average Bonchev–Trinajstić information content (AvgIpc) is 2.64. The van der Waals surface area contributed by atoms with E-state index in [1.165, 1.54) is 0 Å². The van der Waals surface area contributed by atoms with Crippen LogP contribution in [-0.2, 0) is 12.4 Å². The van der Waals surface area contributed by atoms with Gasteiger partial charge >= 0.3 is 12.4 Å². The maximum atomic E-state index is 13.2. The van der Waals surface area contributed by atoms with Crippen molar-refractivity contribution in [3.05, 3.63) is 52.6 Å². The van der Waals surface area contributed by atoms with Gasteiger partial charge in [0.1, 0.15) is 5.75 Å². The molecular weight excluding hydrogens is 416 g/mol. The van der Waals surface area contributed by atoms with Crippen LogP contribution < -0.4 is 10.5 Å². The zero-order valence-electron chi connectivity index (χ0n) is 16.0. The Labute approximate surface area is 167 Å². The summed E-state index contributed by atoms with van der Waals surface area (Å²) in [6.45, 7) is 3.09. The van der Waals surface area contributed by atoms with E-state index < -0.39 is 46.7 Å². The van der Waals surface area contributed by atoms with Gasteiger partial charge in [0.2, 0.25) is 0 Å². The van der Waals surface area contributed by atoms with Crippen LogP contribution in [0, 0.1) is 5.92 Å². The predicted molar refractivity (Wildman–Crippen MR) is 96.1 cm³/mol. The molecule has 0 atom stereocenters. The summed E-state index contributed by atoms with van der Waals surface area (Å²) in [5, 5.41) is 0. The van der Waals surface area contributed by atoms with Crippen molar-refractivity contribution in [3.63, 3.8) is 0 Å². The standard InChI is InChI=1S/C20H17F6NO3/c1-9(2)16(28)11-6-14(17(30-3)15(7-11)18(27)29)10-4-12(19(21,22)23)8-13(5-10)20(24,25)26/h4-9H,1-3H3,(H2,27,29). The number of ketones is 1. The number of carbonyl (C=O) groups is 2. The average molecular weight is 433 g/mol. The van der Waals surface area contributed by atoms with Crippen LogP contribution in [0.3, 0.4) is 0 Å². The molecule has 10 heteroatoms. The normalized spacial score (nSPS) is 12.2. The molecule has 0 saturated carbocycles. The van der Waals surface area contributed by atoms with Crippen LogP contribution in [-0.4, -0.2) is 18.8 Å². The fourth-order valence-corrected chi connectivity index (χ4v) is 2.83. The highest BCUT2D eigenvalue weighted by Gasteiger charge is 2.37. The molecule has 0 fully saturated rings. The van der Waals surface area contributed by atoms with Gasteiger partial charge in [-0.15, -0.1) is 0 Å². The highest BCUT2D eigenvalue weighted by Crippen LogP contribution is 2.42. The molecule has 0 radical (unpaired) electrons. The minimum atomic E-state index is -5.07. The smallest absolute Gasteiger partial charge is 0.416 e. The number of nitrogens with two attached hydrogens (primary N) is 1. The SMILES string of the molecule is COc1c(C(N)=O)cc(C(=O)C(C)C)cc1-c1cc(C(F)(F)F)cc(C(F)(F)F)c1. The van der Waals surface area contributed by atoms with E-state index in [-0.39, 0.29) is 28.5 Å². The summed E-state index contributed by atoms with van der Waals surface area (Å²) < 4.78 is 84.4. The van der Waals surface area contributed by atoms with Crippen molar-refractivity contribution in [2.24, 2.45) is 11.7 Å². The van der Waals surface area contributed by atoms with Crippen molar-refractivity contribution >= 4 is 11.7 Å². The lowest BCUT2D eigenvalue weighted by Crippen LogP contribution is -2.16. The Balaban J connectivity index is 2.94. The van der Waals surface area contributed by atoms with Crippen molar-refractivity contribution in [2.75, 3.05) is 7.11 Å². The minimum Gasteiger partial charge on any atom is -0.495 e. The van der Waals surface area contributed by atoms with E-state index in [0.29, 0.717) is 12.1 Å². The lowest BCUT2D eigenvalue weighted by molar-refractivity contribution is -0.143. The summed E-state index contributed by atoms with van der Waals surface area (Å²) in [7, 11) is 1.08. The van der Waals surface area contributed by atoms with Crippen LogP contribution in [0.2, 0.25) is 0 Å². The molecule has 0 spiro atoms. The van der Waals surface area contributed by atoms with E-state index >= 15 is 0 Å². The number of hydrogen-bond donors (Lipinski definition) is 1. The van der Waals surface area contributed by atoms with E-state index in [4.69, 9.17) is 10.5 Å². The molecule has 0 saturated heterocycles. The summed E-state index contributed by atoms with van der Waals surface area (Å²) >= 11 is 0. The Morgan fingerprint density at radius 3 is 1.77 bits per heavy atom. The Hall–Kier alpha value is -3.04. The number of amides is 1. The van der Waals surface area contributed by atoms with Gasteiger partial charge in [0.25, 0.3) is 5.91 Å². The Morgan fingerprint density at radius 2 is 1.40 bits per heavy atom. The van der Waals surface area contributed by atoms with Gasteiger partial charge in [0, 0.05) is 17.0 Å². The van der Waals surface area contributed by atoms with Gasteiger partial charge in [-0.1, -0.05) is 13.8 Å². The van der Waals surface area contributed by atoms with E-state index in [1.54, 1.807) is 13.8 Å². The van der Waals surface area contributed by atoms with E-state index in [1.807, 2.05) is 0 Å². The fraction of sp³-hybridized carbons (Fsp3) is 0.300. The third-order valence-corrected chi connectivity index (χ3v) is 4.27. The number of carbonyl (C=O) groups excluding carboxylic acids is 2. The number of alkyl halides is 6. The lowest BCUT2D eigenvalue weighted by Gasteiger charge is -2.18. The quantitative estimate of drug-likeness (QED) is 0.511. The number of rotatable bonds is 5. The molecule has 2 aromatic rings. The van der Waals surface area contributed by atoms with Crippen molar-refractivity contribution in [1.29, 1.82) is 0 Å². The van der Waals surface area contributed by atoms with Crippen LogP contribution in [0.15, 0.2) is 30.3 Å². The highest BCUT2D eigenvalue weighted by molar-refractivity contribution is 6.05. The number of benzene rings is 2. The molecule has 2 rings (SSSR count). The Bertz CT molecular complexity index is 961. The third-order valence-electron chi connectivity index (χ3n) is 4.27. The van der Waals surface area contributed by atoms with Crippen LogP contribution in [0.4, 0.5) is 26.3 Å². The van der Waals surface area contributed by atoms with Crippen LogP contribution >= 0.6 is 0 Å². The molecule has 0 bridgehead atoms. The van der Waals surface area contributed by atoms with Crippen molar-refractivity contribution in [1.82, 2.24) is 0 Å². The molecule has 0 aliphatic carbocycles. The predicted octanol–water partition coefficient (Wildman–Crippen LogP) is 5.34. The molecule has 0 aliphatic heterocycles. The second-order valence-corrected chi connectivity index (χ2v) is 6.78. The fourth-order valence-electron chi connectivity index (χ4n) is 2.83. The zero-order chi connectivity index (χ0) is 23.0. The van der Waals surface area contributed by atoms with Crippen molar-refractivity contribution < 1.29 is 40.7 Å². The van der Waals surface area contributed by atoms with Crippen LogP contribution in [0.25, 0.3) is 11.1 Å². The molecule has 0 aromatic heterocycles. The first-order valence-electron chi connectivity index (χ1n) is 8.52. The monoisotopic (exact) mass is 433 g/mol. The van der Waals surface area contributed by atoms with Crippen LogP contribution in [0.1, 0.15) is 45.7 Å². The number of ether oxygens (including phenoxy) is 1. The summed E-state index contributed by atoms with van der Waals surface area (Å²) in [4.78, 5) is 24.2. The number of Topliss-reactive ketones (excluding diaryl/α,β-unsaturated/α-hetero) is 1. The topological polar surface area (TPSA) is 69.4 Å². The molecule has 2 aromatic carbocycles. The molecule has 0 aliphatic rings. The van der Waals surface area contributed by atoms with Crippen molar-refractivity contribution in [3.8, 4) is 16.9 Å². The highest BCUT2D eigenvalue weighted by atomic mass is 19.4. The van der Waals surface area contributed by atoms with Crippen molar-refractivity contribution in [2.45, 2.75) is 26.2 Å². The van der Waals surface area contributed by atoms with Gasteiger partial charge in [0.15, 0.2) is 5.78 Å². The third kappa shape index (κ3) is 4.74. The van der Waals surface area contributed by atoms with Gasteiger partial charge in [-0.05, 0) is 35.9 Å². The molecule has 2 N–H and O–H groups in total. The van der Waals surface area contributed by atoms with Crippen LogP contribution in [0.5, 0.6) is 5.75 Å². The molecular formula is C20H17F6NO3. The maximum Gasteiger partial charge on any atom is 0.416 e. The first-order chi connectivity index (χ1) is 13.7. The van der Waals surface area contributed by atoms with Gasteiger partial charge in [0.05, 0.1) is 23.8 Å². The zero-order valence-corrected chi connectivity index (χ0v) is 16.0. The summed E-state index contributed by atoms with van der Waals surface area (Å²) in [6.07, 6.45) is -10.1. The molecule has 162 valence electrons. The Morgan fingerprint density at radius 1 is 0.900 bits per heavy atom. The molecule has 4 nitrogen and oxygen atoms in total. The van der Waals surface area contributed by atoms with Gasteiger partial charge in [-0.2, -0.15) is 26.3 Å². The van der Waals surface area contributed by atoms with Gasteiger partial charge in [-0.3, -0.25) is 9.59 Å². The van der Waals surface area contributed by atoms with Gasteiger partial charge in [-0.25, -0.2) is 0 Å². The second kappa shape index (κ2) is 8.00. The minimum absolute atomic E-state index is 0.0197. The summed E-state index contributed by atoms with van der Waals surface area (Å²) in [6, 6.07) is 3.14. The first-order valence-corrected chi connectivity index (χ1v) is 8.52. The summed E-state index contributed by atoms with van der Waals surface area (Å²) in [5.74, 6) is -2.44. The van der Waals surface area contributed by atoms with E-state index in [2.05, 4.69) is 0 Å². The Kier molecular flexibility index (Phi) is 6.20. The lowest BCUT2D eigenvalue weighted by atomic mass is 9.91.